The zero-order chi connectivity index (χ0) is 11.3. The Labute approximate surface area is 86.6 Å². The molecule has 1 aromatic carbocycles. The second-order valence-corrected chi connectivity index (χ2v) is 2.67. The SMILES string of the molecule is COC(=O)c1ccccc1NC(=O)C=N. The fraction of sp³-hybridized carbons (Fsp3) is 0.100. The second kappa shape index (κ2) is 4.90. The highest BCUT2D eigenvalue weighted by Crippen LogP contribution is 2.15. The summed E-state index contributed by atoms with van der Waals surface area (Å²) in [4.78, 5) is 22.2. The number of amides is 1. The van der Waals surface area contributed by atoms with Gasteiger partial charge >= 0.3 is 5.97 Å². The molecule has 0 saturated carbocycles. The predicted molar refractivity (Wildman–Crippen MR) is 55.2 cm³/mol. The molecule has 1 aromatic rings. The maximum absolute atomic E-state index is 11.3. The van der Waals surface area contributed by atoms with Gasteiger partial charge in [-0.05, 0) is 12.1 Å². The number of benzene rings is 1. The number of anilines is 1. The number of nitrogens with one attached hydrogen (secondary N) is 2. The molecule has 0 radical (unpaired) electrons. The average molecular weight is 206 g/mol. The second-order valence-electron chi connectivity index (χ2n) is 2.67. The maximum Gasteiger partial charge on any atom is 0.339 e. The van der Waals surface area contributed by atoms with E-state index in [0.29, 0.717) is 11.9 Å². The Bertz CT molecular complexity index is 401. The molecule has 0 saturated heterocycles. The Kier molecular flexibility index (Phi) is 3.56. The van der Waals surface area contributed by atoms with E-state index in [0.717, 1.165) is 0 Å². The van der Waals surface area contributed by atoms with E-state index in [4.69, 9.17) is 5.41 Å². The fourth-order valence-corrected chi connectivity index (χ4v) is 1.05. The Hall–Kier alpha value is -2.17. The molecule has 78 valence electrons. The summed E-state index contributed by atoms with van der Waals surface area (Å²) >= 11 is 0. The van der Waals surface area contributed by atoms with Gasteiger partial charge in [0.1, 0.15) is 0 Å². The average Bonchev–Trinajstić information content (AvgIpc) is 2.28. The topological polar surface area (TPSA) is 79.2 Å². The van der Waals surface area contributed by atoms with Gasteiger partial charge in [-0.25, -0.2) is 4.79 Å². The van der Waals surface area contributed by atoms with E-state index in [-0.39, 0.29) is 5.56 Å². The van der Waals surface area contributed by atoms with Crippen molar-refractivity contribution in [3.05, 3.63) is 29.8 Å². The summed E-state index contributed by atoms with van der Waals surface area (Å²) in [6.07, 6.45) is 0.633. The maximum atomic E-state index is 11.3. The summed E-state index contributed by atoms with van der Waals surface area (Å²) < 4.78 is 4.54. The third kappa shape index (κ3) is 2.63. The molecule has 0 aromatic heterocycles. The lowest BCUT2D eigenvalue weighted by atomic mass is 10.2. The van der Waals surface area contributed by atoms with E-state index in [9.17, 15) is 9.59 Å². The van der Waals surface area contributed by atoms with Gasteiger partial charge in [0.2, 0.25) is 0 Å². The minimum atomic E-state index is -0.591. The molecular weight excluding hydrogens is 196 g/mol. The van der Waals surface area contributed by atoms with E-state index < -0.39 is 11.9 Å². The summed E-state index contributed by atoms with van der Waals surface area (Å²) in [6.45, 7) is 0. The van der Waals surface area contributed by atoms with Crippen LogP contribution in [0, 0.1) is 5.41 Å². The molecule has 0 bridgehead atoms. The smallest absolute Gasteiger partial charge is 0.339 e. The fourth-order valence-electron chi connectivity index (χ4n) is 1.05. The predicted octanol–water partition coefficient (Wildman–Crippen LogP) is 1.06. The summed E-state index contributed by atoms with van der Waals surface area (Å²) in [5.74, 6) is -1.12. The van der Waals surface area contributed by atoms with Crippen LogP contribution in [-0.4, -0.2) is 25.2 Å². The van der Waals surface area contributed by atoms with Crippen molar-refractivity contribution in [2.24, 2.45) is 0 Å². The molecule has 0 aliphatic rings. The lowest BCUT2D eigenvalue weighted by Gasteiger charge is -2.06. The van der Waals surface area contributed by atoms with Crippen molar-refractivity contribution in [1.29, 1.82) is 5.41 Å². The number of carbonyl (C=O) groups is 2. The van der Waals surface area contributed by atoms with Crippen LogP contribution in [0.15, 0.2) is 24.3 Å². The Morgan fingerprint density at radius 2 is 2.07 bits per heavy atom. The summed E-state index contributed by atoms with van der Waals surface area (Å²) in [5.41, 5.74) is 0.591. The number of esters is 1. The summed E-state index contributed by atoms with van der Waals surface area (Å²) in [6, 6.07) is 6.43. The molecule has 0 spiro atoms. The zero-order valence-electron chi connectivity index (χ0n) is 8.11. The quantitative estimate of drug-likeness (QED) is 0.573. The number of methoxy groups -OCH3 is 1. The molecule has 0 aliphatic heterocycles. The van der Waals surface area contributed by atoms with Crippen molar-refractivity contribution < 1.29 is 14.3 Å². The van der Waals surface area contributed by atoms with E-state index in [2.05, 4.69) is 10.1 Å². The van der Waals surface area contributed by atoms with Crippen LogP contribution in [0.25, 0.3) is 0 Å². The van der Waals surface area contributed by atoms with Crippen molar-refractivity contribution in [2.75, 3.05) is 12.4 Å². The van der Waals surface area contributed by atoms with Gasteiger partial charge in [0.15, 0.2) is 0 Å². The molecule has 0 heterocycles. The van der Waals surface area contributed by atoms with Gasteiger partial charge in [-0.3, -0.25) is 4.79 Å². The Morgan fingerprint density at radius 3 is 2.67 bits per heavy atom. The van der Waals surface area contributed by atoms with Crippen LogP contribution >= 0.6 is 0 Å². The highest BCUT2D eigenvalue weighted by Gasteiger charge is 2.11. The van der Waals surface area contributed by atoms with Gasteiger partial charge in [0.25, 0.3) is 5.91 Å². The molecule has 1 rings (SSSR count). The van der Waals surface area contributed by atoms with Crippen LogP contribution in [0.5, 0.6) is 0 Å². The number of carbonyl (C=O) groups excluding carboxylic acids is 2. The largest absolute Gasteiger partial charge is 0.465 e. The zero-order valence-corrected chi connectivity index (χ0v) is 8.11. The minimum absolute atomic E-state index is 0.259. The van der Waals surface area contributed by atoms with E-state index in [1.54, 1.807) is 18.2 Å². The normalized spacial score (nSPS) is 9.13. The lowest BCUT2D eigenvalue weighted by molar-refractivity contribution is -0.110. The molecule has 15 heavy (non-hydrogen) atoms. The van der Waals surface area contributed by atoms with Crippen LogP contribution in [0.2, 0.25) is 0 Å². The minimum Gasteiger partial charge on any atom is -0.465 e. The molecule has 0 unspecified atom stereocenters. The molecule has 5 heteroatoms. The van der Waals surface area contributed by atoms with E-state index >= 15 is 0 Å². The monoisotopic (exact) mass is 206 g/mol. The number of para-hydroxylation sites is 1. The third-order valence-corrected chi connectivity index (χ3v) is 1.72. The molecule has 0 fully saturated rings. The van der Waals surface area contributed by atoms with Gasteiger partial charge in [-0.2, -0.15) is 0 Å². The van der Waals surface area contributed by atoms with Crippen LogP contribution in [0.1, 0.15) is 10.4 Å². The standard InChI is InChI=1S/C10H10N2O3/c1-15-10(14)7-4-2-3-5-8(7)12-9(13)6-11/h2-6,11H,1H3,(H,12,13). The molecule has 0 aliphatic carbocycles. The molecule has 1 amide bonds. The van der Waals surface area contributed by atoms with Gasteiger partial charge in [0, 0.05) is 0 Å². The Morgan fingerprint density at radius 1 is 1.40 bits per heavy atom. The van der Waals surface area contributed by atoms with Crippen LogP contribution in [0.4, 0.5) is 5.69 Å². The third-order valence-electron chi connectivity index (χ3n) is 1.72. The first-order valence-corrected chi connectivity index (χ1v) is 4.18. The van der Waals surface area contributed by atoms with Crippen molar-refractivity contribution in [1.82, 2.24) is 0 Å². The molecular formula is C10H10N2O3. The highest BCUT2D eigenvalue weighted by molar-refractivity contribution is 6.31. The van der Waals surface area contributed by atoms with Crippen LogP contribution < -0.4 is 5.32 Å². The van der Waals surface area contributed by atoms with Crippen molar-refractivity contribution in [3.8, 4) is 0 Å². The van der Waals surface area contributed by atoms with Crippen molar-refractivity contribution in [3.63, 3.8) is 0 Å². The summed E-state index contributed by atoms with van der Waals surface area (Å²) in [5, 5.41) is 9.12. The molecule has 2 N–H and O–H groups in total. The molecule has 0 atom stereocenters. The molecule has 5 nitrogen and oxygen atoms in total. The van der Waals surface area contributed by atoms with Gasteiger partial charge < -0.3 is 15.5 Å². The first-order valence-electron chi connectivity index (χ1n) is 4.18. The Balaban J connectivity index is 3.01. The number of ether oxygens (including phenoxy) is 1. The van der Waals surface area contributed by atoms with Crippen LogP contribution in [-0.2, 0) is 9.53 Å². The van der Waals surface area contributed by atoms with E-state index in [1.165, 1.54) is 13.2 Å². The summed E-state index contributed by atoms with van der Waals surface area (Å²) in [7, 11) is 1.26. The highest BCUT2D eigenvalue weighted by atomic mass is 16.5. The van der Waals surface area contributed by atoms with E-state index in [1.807, 2.05) is 0 Å². The van der Waals surface area contributed by atoms with Gasteiger partial charge in [-0.15, -0.1) is 0 Å². The van der Waals surface area contributed by atoms with Crippen molar-refractivity contribution in [2.45, 2.75) is 0 Å². The first kappa shape index (κ1) is 10.9. The van der Waals surface area contributed by atoms with Crippen molar-refractivity contribution >= 4 is 23.8 Å². The van der Waals surface area contributed by atoms with Crippen LogP contribution in [0.3, 0.4) is 0 Å². The first-order chi connectivity index (χ1) is 7.19. The lowest BCUT2D eigenvalue weighted by Crippen LogP contribution is -2.15. The van der Waals surface area contributed by atoms with Gasteiger partial charge in [0.05, 0.1) is 24.6 Å². The van der Waals surface area contributed by atoms with Gasteiger partial charge in [-0.1, -0.05) is 12.1 Å². The number of hydrogen-bond donors (Lipinski definition) is 2. The number of hydrogen-bond acceptors (Lipinski definition) is 4. The number of rotatable bonds is 3.